The molecule has 2 saturated carbocycles. The van der Waals surface area contributed by atoms with Gasteiger partial charge in [0.25, 0.3) is 11.8 Å². The van der Waals surface area contributed by atoms with Crippen LogP contribution in [0.25, 0.3) is 33.4 Å². The molecule has 8 heterocycles. The Morgan fingerprint density at radius 3 is 1.72 bits per heavy atom. The van der Waals surface area contributed by atoms with Gasteiger partial charge < -0.3 is 39.9 Å². The maximum absolute atomic E-state index is 14.9. The number of fused-ring (bicyclic) bond motifs is 4. The van der Waals surface area contributed by atoms with Gasteiger partial charge in [-0.2, -0.15) is 0 Å². The summed E-state index contributed by atoms with van der Waals surface area (Å²) in [5, 5.41) is 13.7. The summed E-state index contributed by atoms with van der Waals surface area (Å²) in [6, 6.07) is 11.2. The Hall–Kier alpha value is -7.18. The Morgan fingerprint density at radius 2 is 1.18 bits per heavy atom. The van der Waals surface area contributed by atoms with Gasteiger partial charge in [-0.1, -0.05) is 0 Å². The summed E-state index contributed by atoms with van der Waals surface area (Å²) < 4.78 is 32.9. The van der Waals surface area contributed by atoms with E-state index < -0.39 is 23.4 Å². The number of carbonyl (C=O) groups is 2. The third kappa shape index (κ3) is 7.90. The fourth-order valence-electron chi connectivity index (χ4n) is 10.9. The molecule has 12 rings (SSSR count). The standard InChI is InChI=1S/C50H50F2N14O2/c1-26-18-63(41-8-6-34(43-45(41)55-12-10-53-43)49(67)61-32-16-37(51)47-58-27(2)19-65(47)22-32)25-40(57-26)36-15-30(36)14-31-21-64(24-39(60-31)29-4-5-29)42-9-7-35(44-46(42)56-13-11-54-44)50(68)62-33-17-38(52)48-59-28(3)20-66(48)23-33/h6-13,16-17,19-20,22-23,26,29-31,36,39-40,57,60H,4-5,14-15,18,21,24-25H2,1-3H3,(H,61,67)(H,62,68)/t26?,30?,31-,36?,39-,40?/m1/s1. The largest absolute Gasteiger partial charge is 0.367 e. The first-order valence-electron chi connectivity index (χ1n) is 23.4. The van der Waals surface area contributed by atoms with Gasteiger partial charge in [0.15, 0.2) is 22.9 Å². The molecule has 4 aliphatic rings. The first-order valence-corrected chi connectivity index (χ1v) is 23.4. The first-order chi connectivity index (χ1) is 33.0. The van der Waals surface area contributed by atoms with E-state index in [-0.39, 0.29) is 29.4 Å². The molecule has 6 aromatic heterocycles. The molecule has 2 aromatic carbocycles. The van der Waals surface area contributed by atoms with E-state index >= 15 is 0 Å². The number of hydrogen-bond donors (Lipinski definition) is 4. The Bertz CT molecular complexity index is 3320. The van der Waals surface area contributed by atoms with Crippen molar-refractivity contribution in [2.24, 2.45) is 17.8 Å². The second-order valence-electron chi connectivity index (χ2n) is 19.2. The number of aromatic nitrogens is 8. The van der Waals surface area contributed by atoms with Gasteiger partial charge in [-0.3, -0.25) is 29.5 Å². The van der Waals surface area contributed by atoms with Crippen LogP contribution in [0.3, 0.4) is 0 Å². The number of pyridine rings is 2. The molecule has 2 amide bonds. The summed E-state index contributed by atoms with van der Waals surface area (Å²) in [6.07, 6.45) is 17.8. The van der Waals surface area contributed by atoms with Crippen LogP contribution >= 0.6 is 0 Å². The lowest BCUT2D eigenvalue weighted by Gasteiger charge is -2.41. The predicted octanol–water partition coefficient (Wildman–Crippen LogP) is 6.72. The fraction of sp³-hybridized carbons (Fsp3) is 0.360. The second kappa shape index (κ2) is 16.6. The number of aryl methyl sites for hydroxylation is 2. The summed E-state index contributed by atoms with van der Waals surface area (Å²) in [7, 11) is 0. The van der Waals surface area contributed by atoms with E-state index in [1.807, 2.05) is 18.2 Å². The van der Waals surface area contributed by atoms with E-state index in [9.17, 15) is 18.4 Å². The normalized spacial score (nSPS) is 22.9. The van der Waals surface area contributed by atoms with E-state index in [1.54, 1.807) is 78.3 Å². The zero-order chi connectivity index (χ0) is 46.4. The Labute approximate surface area is 389 Å². The number of amides is 2. The molecule has 68 heavy (non-hydrogen) atoms. The molecule has 16 nitrogen and oxygen atoms in total. The molecule has 0 radical (unpaired) electrons. The monoisotopic (exact) mass is 916 g/mol. The van der Waals surface area contributed by atoms with Crippen molar-refractivity contribution in [3.05, 3.63) is 120 Å². The molecular weight excluding hydrogens is 867 g/mol. The lowest BCUT2D eigenvalue weighted by molar-refractivity contribution is 0.102. The van der Waals surface area contributed by atoms with Gasteiger partial charge in [0.05, 0.1) is 45.3 Å². The van der Waals surface area contributed by atoms with E-state index in [1.165, 1.54) is 25.0 Å². The van der Waals surface area contributed by atoms with Crippen molar-refractivity contribution in [2.45, 2.75) is 70.6 Å². The van der Waals surface area contributed by atoms with Crippen LogP contribution in [0, 0.1) is 43.2 Å². The average molecular weight is 917 g/mol. The van der Waals surface area contributed by atoms with Gasteiger partial charge in [-0.15, -0.1) is 0 Å². The van der Waals surface area contributed by atoms with Crippen LogP contribution < -0.4 is 31.1 Å². The Balaban J connectivity index is 0.742. The fourth-order valence-corrected chi connectivity index (χ4v) is 10.9. The minimum absolute atomic E-state index is 0.201. The van der Waals surface area contributed by atoms with Crippen LogP contribution in [0.2, 0.25) is 0 Å². The number of hydrogen-bond acceptors (Lipinski definition) is 12. The molecule has 4 unspecified atom stereocenters. The number of nitrogens with one attached hydrogen (secondary N) is 4. The molecular formula is C50H50F2N14O2. The van der Waals surface area contributed by atoms with Gasteiger partial charge in [0.1, 0.15) is 22.1 Å². The quantitative estimate of drug-likeness (QED) is 0.114. The summed E-state index contributed by atoms with van der Waals surface area (Å²) in [4.78, 5) is 59.6. The average Bonchev–Trinajstić information content (AvgIpc) is 4.25. The van der Waals surface area contributed by atoms with Crippen LogP contribution in [-0.4, -0.2) is 101 Å². The van der Waals surface area contributed by atoms with Gasteiger partial charge in [-0.25, -0.2) is 18.7 Å². The van der Waals surface area contributed by atoms with Gasteiger partial charge in [0.2, 0.25) is 0 Å². The maximum Gasteiger partial charge on any atom is 0.257 e. The lowest BCUT2D eigenvalue weighted by atomic mass is 9.97. The summed E-state index contributed by atoms with van der Waals surface area (Å²) in [5.74, 6) is -0.196. The number of rotatable bonds is 10. The van der Waals surface area contributed by atoms with Gasteiger partial charge in [0, 0.05) is 112 Å². The molecule has 2 saturated heterocycles. The predicted molar refractivity (Wildman–Crippen MR) is 255 cm³/mol. The van der Waals surface area contributed by atoms with Crippen molar-refractivity contribution in [3.8, 4) is 0 Å². The second-order valence-corrected chi connectivity index (χ2v) is 19.2. The zero-order valence-electron chi connectivity index (χ0n) is 37.8. The lowest BCUT2D eigenvalue weighted by Crippen LogP contribution is -2.58. The molecule has 4 N–H and O–H groups in total. The highest BCUT2D eigenvalue weighted by Gasteiger charge is 2.47. The Kier molecular flexibility index (Phi) is 10.3. The number of nitrogens with zero attached hydrogens (tertiary/aromatic N) is 10. The van der Waals surface area contributed by atoms with E-state index in [4.69, 9.17) is 9.97 Å². The minimum atomic E-state index is -0.525. The number of piperazine rings is 2. The minimum Gasteiger partial charge on any atom is -0.367 e. The highest BCUT2D eigenvalue weighted by Crippen LogP contribution is 2.47. The molecule has 2 aliphatic heterocycles. The van der Waals surface area contributed by atoms with Gasteiger partial charge in [-0.05, 0) is 88.5 Å². The number of benzene rings is 2. The Morgan fingerprint density at radius 1 is 0.662 bits per heavy atom. The SMILES string of the molecule is Cc1cn2cc(NC(=O)c3ccc(N4CC(C)NC(C5CC5C[C@@H]5CN(c6ccc(C(=O)Nc7cc(F)c8nc(C)cn8c7)c7nccnc67)C[C@H](C6CC6)N5)C4)c4nccnc34)cc(F)c2n1. The number of imidazole rings is 2. The third-order valence-electron chi connectivity index (χ3n) is 14.1. The molecule has 4 fully saturated rings. The summed E-state index contributed by atoms with van der Waals surface area (Å²) in [5.41, 5.74) is 7.27. The molecule has 346 valence electrons. The highest BCUT2D eigenvalue weighted by atomic mass is 19.1. The van der Waals surface area contributed by atoms with Crippen LogP contribution in [0.15, 0.2) is 86.0 Å². The van der Waals surface area contributed by atoms with E-state index in [0.29, 0.717) is 79.8 Å². The molecule has 2 aliphatic carbocycles. The molecule has 8 aromatic rings. The van der Waals surface area contributed by atoms with Crippen molar-refractivity contribution in [1.82, 2.24) is 49.3 Å². The smallest absolute Gasteiger partial charge is 0.257 e. The maximum atomic E-state index is 14.9. The van der Waals surface area contributed by atoms with E-state index in [0.717, 1.165) is 50.4 Å². The first kappa shape index (κ1) is 42.2. The van der Waals surface area contributed by atoms with Crippen LogP contribution in [0.4, 0.5) is 31.5 Å². The topological polar surface area (TPSA) is 175 Å². The molecule has 0 bridgehead atoms. The van der Waals surface area contributed by atoms with Gasteiger partial charge >= 0.3 is 0 Å². The van der Waals surface area contributed by atoms with Crippen LogP contribution in [0.5, 0.6) is 0 Å². The van der Waals surface area contributed by atoms with Crippen molar-refractivity contribution in [2.75, 3.05) is 46.6 Å². The van der Waals surface area contributed by atoms with Crippen molar-refractivity contribution < 1.29 is 18.4 Å². The highest BCUT2D eigenvalue weighted by molar-refractivity contribution is 6.14. The van der Waals surface area contributed by atoms with Crippen LogP contribution in [0.1, 0.15) is 64.7 Å². The summed E-state index contributed by atoms with van der Waals surface area (Å²) in [6.45, 7) is 9.00. The number of halogens is 2. The zero-order valence-corrected chi connectivity index (χ0v) is 37.8. The van der Waals surface area contributed by atoms with Crippen LogP contribution in [-0.2, 0) is 0 Å². The third-order valence-corrected chi connectivity index (χ3v) is 14.1. The molecule has 6 atom stereocenters. The van der Waals surface area contributed by atoms with E-state index in [2.05, 4.69) is 57.9 Å². The van der Waals surface area contributed by atoms with Crippen molar-refractivity contribution in [3.63, 3.8) is 0 Å². The van der Waals surface area contributed by atoms with Crippen molar-refractivity contribution >= 4 is 67.9 Å². The van der Waals surface area contributed by atoms with Crippen molar-refractivity contribution in [1.29, 1.82) is 0 Å². The molecule has 0 spiro atoms. The summed E-state index contributed by atoms with van der Waals surface area (Å²) >= 11 is 0. The molecule has 18 heteroatoms. The number of carbonyl (C=O) groups excluding carboxylic acids is 2. The number of anilines is 4.